The second kappa shape index (κ2) is 4.55. The summed E-state index contributed by atoms with van der Waals surface area (Å²) >= 11 is 0. The summed E-state index contributed by atoms with van der Waals surface area (Å²) in [7, 11) is 0. The van der Waals surface area contributed by atoms with Gasteiger partial charge in [0.1, 0.15) is 6.54 Å². The van der Waals surface area contributed by atoms with Gasteiger partial charge in [0.25, 0.3) is 0 Å². The van der Waals surface area contributed by atoms with Gasteiger partial charge in [-0.2, -0.15) is 5.26 Å². The van der Waals surface area contributed by atoms with E-state index < -0.39 is 0 Å². The van der Waals surface area contributed by atoms with Gasteiger partial charge in [-0.1, -0.05) is 20.8 Å². The van der Waals surface area contributed by atoms with Gasteiger partial charge in [0.15, 0.2) is 0 Å². The van der Waals surface area contributed by atoms with Crippen LogP contribution in [-0.2, 0) is 4.79 Å². The molecule has 2 bridgehead atoms. The molecule has 2 rings (SSSR count). The molecule has 0 heterocycles. The molecule has 2 aliphatic carbocycles. The predicted octanol–water partition coefficient (Wildman–Crippen LogP) is 1.43. The molecule has 0 saturated heterocycles. The van der Waals surface area contributed by atoms with Crippen LogP contribution in [0.25, 0.3) is 0 Å². The summed E-state index contributed by atoms with van der Waals surface area (Å²) in [6, 6.07) is 2.34. The van der Waals surface area contributed by atoms with Crippen molar-refractivity contribution in [1.29, 1.82) is 5.26 Å². The van der Waals surface area contributed by atoms with Crippen LogP contribution in [0.2, 0.25) is 0 Å². The van der Waals surface area contributed by atoms with Crippen molar-refractivity contribution >= 4 is 5.91 Å². The minimum Gasteiger partial charge on any atom is -0.342 e. The quantitative estimate of drug-likeness (QED) is 0.741. The van der Waals surface area contributed by atoms with Crippen LogP contribution in [0.1, 0.15) is 40.0 Å². The Morgan fingerprint density at radius 2 is 2.17 bits per heavy atom. The molecule has 3 unspecified atom stereocenters. The molecule has 3 atom stereocenters. The third-order valence-corrected chi connectivity index (χ3v) is 5.67. The fraction of sp³-hybridized carbons (Fsp3) is 0.857. The number of hydrogen-bond acceptors (Lipinski definition) is 3. The summed E-state index contributed by atoms with van der Waals surface area (Å²) in [5.74, 6) is 0.697. The number of carbonyl (C=O) groups is 1. The second-order valence-corrected chi connectivity index (χ2v) is 6.48. The van der Waals surface area contributed by atoms with Crippen molar-refractivity contribution in [3.8, 4) is 6.07 Å². The van der Waals surface area contributed by atoms with Crippen LogP contribution in [-0.4, -0.2) is 25.0 Å². The highest BCUT2D eigenvalue weighted by Crippen LogP contribution is 2.65. The zero-order valence-electron chi connectivity index (χ0n) is 11.5. The van der Waals surface area contributed by atoms with Gasteiger partial charge in [-0.05, 0) is 36.0 Å². The van der Waals surface area contributed by atoms with E-state index in [9.17, 15) is 4.79 Å². The summed E-state index contributed by atoms with van der Waals surface area (Å²) in [6.07, 6.45) is 3.75. The molecule has 18 heavy (non-hydrogen) atoms. The van der Waals surface area contributed by atoms with Crippen LogP contribution in [0.15, 0.2) is 0 Å². The first-order valence-corrected chi connectivity index (χ1v) is 6.79. The molecule has 4 heteroatoms. The highest BCUT2D eigenvalue weighted by Gasteiger charge is 2.60. The summed E-state index contributed by atoms with van der Waals surface area (Å²) < 4.78 is 0. The first-order chi connectivity index (χ1) is 8.41. The number of rotatable bonds is 4. The Balaban J connectivity index is 1.90. The largest absolute Gasteiger partial charge is 0.342 e. The van der Waals surface area contributed by atoms with E-state index in [2.05, 4.69) is 31.4 Å². The molecule has 100 valence electrons. The van der Waals surface area contributed by atoms with Crippen molar-refractivity contribution in [3.05, 3.63) is 0 Å². The molecule has 1 amide bonds. The predicted molar refractivity (Wildman–Crippen MR) is 69.6 cm³/mol. The van der Waals surface area contributed by atoms with Crippen molar-refractivity contribution in [1.82, 2.24) is 10.6 Å². The normalized spacial score (nSPS) is 36.3. The van der Waals surface area contributed by atoms with Crippen molar-refractivity contribution in [2.24, 2.45) is 16.7 Å². The van der Waals surface area contributed by atoms with Crippen molar-refractivity contribution < 1.29 is 4.79 Å². The second-order valence-electron chi connectivity index (χ2n) is 6.48. The third-order valence-electron chi connectivity index (χ3n) is 5.67. The minimum absolute atomic E-state index is 0.0827. The van der Waals surface area contributed by atoms with E-state index in [0.29, 0.717) is 23.4 Å². The molecule has 2 fully saturated rings. The van der Waals surface area contributed by atoms with E-state index in [4.69, 9.17) is 5.26 Å². The number of nitrogens with one attached hydrogen (secondary N) is 2. The number of hydrogen-bond donors (Lipinski definition) is 2. The lowest BCUT2D eigenvalue weighted by Gasteiger charge is -2.39. The van der Waals surface area contributed by atoms with E-state index >= 15 is 0 Å². The van der Waals surface area contributed by atoms with Gasteiger partial charge in [-0.25, -0.2) is 0 Å². The Labute approximate surface area is 109 Å². The standard InChI is InChI=1S/C14H23N3O/c1-13(2)10-4-5-14(13,3)11(8-10)17-9-12(18)16-7-6-15/h10-11,17H,4-5,7-9H2,1-3H3,(H,16,18). The van der Waals surface area contributed by atoms with E-state index in [1.165, 1.54) is 19.3 Å². The maximum absolute atomic E-state index is 11.5. The first kappa shape index (κ1) is 13.4. The third kappa shape index (κ3) is 1.91. The van der Waals surface area contributed by atoms with E-state index in [1.807, 2.05) is 6.07 Å². The van der Waals surface area contributed by atoms with Crippen LogP contribution in [0, 0.1) is 28.1 Å². The number of nitrogens with zero attached hydrogens (tertiary/aromatic N) is 1. The zero-order valence-corrected chi connectivity index (χ0v) is 11.5. The topological polar surface area (TPSA) is 64.9 Å². The van der Waals surface area contributed by atoms with Crippen molar-refractivity contribution in [2.45, 2.75) is 46.1 Å². The average molecular weight is 249 g/mol. The van der Waals surface area contributed by atoms with Gasteiger partial charge >= 0.3 is 0 Å². The van der Waals surface area contributed by atoms with Gasteiger partial charge in [0, 0.05) is 6.04 Å². The van der Waals surface area contributed by atoms with Gasteiger partial charge in [0.2, 0.25) is 5.91 Å². The molecule has 0 spiro atoms. The molecule has 0 radical (unpaired) electrons. The van der Waals surface area contributed by atoms with Crippen LogP contribution < -0.4 is 10.6 Å². The van der Waals surface area contributed by atoms with Crippen molar-refractivity contribution in [3.63, 3.8) is 0 Å². The minimum atomic E-state index is -0.0827. The van der Waals surface area contributed by atoms with Gasteiger partial charge < -0.3 is 10.6 Å². The lowest BCUT2D eigenvalue weighted by Crippen LogP contribution is -2.47. The summed E-state index contributed by atoms with van der Waals surface area (Å²) in [5, 5.41) is 14.4. The zero-order chi connectivity index (χ0) is 13.4. The molecule has 2 N–H and O–H groups in total. The number of nitriles is 1. The summed E-state index contributed by atoms with van der Waals surface area (Å²) in [6.45, 7) is 7.50. The van der Waals surface area contributed by atoms with Crippen LogP contribution in [0.3, 0.4) is 0 Å². The number of fused-ring (bicyclic) bond motifs is 2. The van der Waals surface area contributed by atoms with E-state index in [0.717, 1.165) is 5.92 Å². The lowest BCUT2D eigenvalue weighted by atomic mass is 9.69. The Morgan fingerprint density at radius 1 is 1.44 bits per heavy atom. The molecular weight excluding hydrogens is 226 g/mol. The van der Waals surface area contributed by atoms with Crippen LogP contribution in [0.5, 0.6) is 0 Å². The molecular formula is C14H23N3O. The Morgan fingerprint density at radius 3 is 2.67 bits per heavy atom. The molecule has 2 aliphatic rings. The summed E-state index contributed by atoms with van der Waals surface area (Å²) in [5.41, 5.74) is 0.668. The number of carbonyl (C=O) groups excluding carboxylic acids is 1. The monoisotopic (exact) mass is 249 g/mol. The first-order valence-electron chi connectivity index (χ1n) is 6.79. The van der Waals surface area contributed by atoms with E-state index in [1.54, 1.807) is 0 Å². The fourth-order valence-electron chi connectivity index (χ4n) is 3.93. The Hall–Kier alpha value is -1.08. The van der Waals surface area contributed by atoms with Gasteiger partial charge in [-0.15, -0.1) is 0 Å². The highest BCUT2D eigenvalue weighted by atomic mass is 16.1. The van der Waals surface area contributed by atoms with Crippen LogP contribution in [0.4, 0.5) is 0 Å². The maximum atomic E-state index is 11.5. The molecule has 2 saturated carbocycles. The average Bonchev–Trinajstić information content (AvgIpc) is 2.66. The van der Waals surface area contributed by atoms with Crippen LogP contribution >= 0.6 is 0 Å². The van der Waals surface area contributed by atoms with Crippen molar-refractivity contribution in [2.75, 3.05) is 13.1 Å². The molecule has 4 nitrogen and oxygen atoms in total. The SMILES string of the molecule is CC1(C)C2CCC1(C)C(NCC(=O)NCC#N)C2. The molecule has 0 aromatic heterocycles. The lowest BCUT2D eigenvalue weighted by molar-refractivity contribution is -0.120. The summed E-state index contributed by atoms with van der Waals surface area (Å²) in [4.78, 5) is 11.5. The Kier molecular flexibility index (Phi) is 3.37. The maximum Gasteiger partial charge on any atom is 0.234 e. The molecule has 0 aliphatic heterocycles. The molecule has 0 aromatic rings. The highest BCUT2D eigenvalue weighted by molar-refractivity contribution is 5.78. The van der Waals surface area contributed by atoms with Gasteiger partial charge in [-0.3, -0.25) is 4.79 Å². The molecule has 0 aromatic carbocycles. The number of amides is 1. The van der Waals surface area contributed by atoms with E-state index in [-0.39, 0.29) is 12.5 Å². The fourth-order valence-corrected chi connectivity index (χ4v) is 3.93. The Bertz CT molecular complexity index is 385. The van der Waals surface area contributed by atoms with Gasteiger partial charge in [0.05, 0.1) is 12.6 Å². The smallest absolute Gasteiger partial charge is 0.234 e.